The fourth-order valence-corrected chi connectivity index (χ4v) is 3.25. The first-order chi connectivity index (χ1) is 9.58. The van der Waals surface area contributed by atoms with Crippen molar-refractivity contribution in [3.63, 3.8) is 0 Å². The number of nitrogens with zero attached hydrogens (tertiary/aromatic N) is 2. The molecule has 0 spiro atoms. The van der Waals surface area contributed by atoms with Crippen LogP contribution in [0.3, 0.4) is 0 Å². The summed E-state index contributed by atoms with van der Waals surface area (Å²) in [5, 5.41) is 10.9. The summed E-state index contributed by atoms with van der Waals surface area (Å²) in [5.74, 6) is -0.837. The largest absolute Gasteiger partial charge is 0.481 e. The zero-order valence-electron chi connectivity index (χ0n) is 11.6. The van der Waals surface area contributed by atoms with Crippen LogP contribution >= 0.6 is 11.3 Å². The number of carbonyl (C=O) groups is 2. The molecule has 0 aromatic carbocycles. The number of likely N-dealkylation sites (N-methyl/N-ethyl adjacent to an activating group) is 1. The van der Waals surface area contributed by atoms with Crippen LogP contribution < -0.4 is 0 Å². The van der Waals surface area contributed by atoms with Crippen LogP contribution in [0.4, 0.5) is 4.79 Å². The first-order valence-electron chi connectivity index (χ1n) is 6.84. The second kappa shape index (κ2) is 6.74. The predicted octanol–water partition coefficient (Wildman–Crippen LogP) is 2.28. The van der Waals surface area contributed by atoms with Gasteiger partial charge in [-0.2, -0.15) is 0 Å². The number of aliphatic carboxylic acids is 1. The number of thiophene rings is 1. The lowest BCUT2D eigenvalue weighted by Crippen LogP contribution is -2.45. The number of carboxylic acids is 1. The van der Waals surface area contributed by atoms with E-state index in [1.807, 2.05) is 11.4 Å². The van der Waals surface area contributed by atoms with Crippen molar-refractivity contribution >= 4 is 23.3 Å². The Bertz CT molecular complexity index is 461. The van der Waals surface area contributed by atoms with Crippen LogP contribution in [0.15, 0.2) is 17.5 Å². The lowest BCUT2D eigenvalue weighted by atomic mass is 10.1. The number of carbonyl (C=O) groups excluding carboxylic acids is 1. The van der Waals surface area contributed by atoms with Gasteiger partial charge >= 0.3 is 12.0 Å². The molecule has 2 heterocycles. The van der Waals surface area contributed by atoms with Crippen molar-refractivity contribution in [1.29, 1.82) is 0 Å². The number of likely N-dealkylation sites (tertiary alicyclic amines) is 1. The van der Waals surface area contributed by atoms with Crippen LogP contribution in [-0.4, -0.2) is 53.1 Å². The standard InChI is InChI=1S/C14H20N2O3S/c1-15(8-6-12-5-3-9-20-12)14(19)16-7-2-4-11(16)10-13(17)18/h3,5,9,11H,2,4,6-8,10H2,1H3,(H,17,18). The van der Waals surface area contributed by atoms with Crippen molar-refractivity contribution in [2.75, 3.05) is 20.1 Å². The van der Waals surface area contributed by atoms with Crippen molar-refractivity contribution in [2.45, 2.75) is 31.7 Å². The van der Waals surface area contributed by atoms with E-state index < -0.39 is 5.97 Å². The van der Waals surface area contributed by atoms with Crippen LogP contribution in [-0.2, 0) is 11.2 Å². The van der Waals surface area contributed by atoms with Crippen LogP contribution in [0.2, 0.25) is 0 Å². The van der Waals surface area contributed by atoms with Gasteiger partial charge < -0.3 is 14.9 Å². The zero-order chi connectivity index (χ0) is 14.5. The third-order valence-electron chi connectivity index (χ3n) is 3.63. The molecule has 1 saturated heterocycles. The summed E-state index contributed by atoms with van der Waals surface area (Å²) in [7, 11) is 1.78. The lowest BCUT2D eigenvalue weighted by Gasteiger charge is -2.28. The third-order valence-corrected chi connectivity index (χ3v) is 4.57. The van der Waals surface area contributed by atoms with Gasteiger partial charge in [-0.05, 0) is 30.7 Å². The van der Waals surface area contributed by atoms with E-state index in [2.05, 4.69) is 6.07 Å². The van der Waals surface area contributed by atoms with E-state index in [4.69, 9.17) is 5.11 Å². The third kappa shape index (κ3) is 3.72. The fraction of sp³-hybridized carbons (Fsp3) is 0.571. The van der Waals surface area contributed by atoms with Gasteiger partial charge in [0.25, 0.3) is 0 Å². The Hall–Kier alpha value is -1.56. The van der Waals surface area contributed by atoms with E-state index in [-0.39, 0.29) is 18.5 Å². The van der Waals surface area contributed by atoms with Crippen LogP contribution in [0.5, 0.6) is 0 Å². The van der Waals surface area contributed by atoms with E-state index in [0.717, 1.165) is 19.3 Å². The Morgan fingerprint density at radius 2 is 2.35 bits per heavy atom. The number of carboxylic acid groups (broad SMARTS) is 1. The van der Waals surface area contributed by atoms with E-state index in [1.165, 1.54) is 4.88 Å². The first kappa shape index (κ1) is 14.8. The topological polar surface area (TPSA) is 60.9 Å². The molecular formula is C14H20N2O3S. The molecule has 1 fully saturated rings. The zero-order valence-corrected chi connectivity index (χ0v) is 12.4. The Balaban J connectivity index is 1.87. The summed E-state index contributed by atoms with van der Waals surface area (Å²) in [4.78, 5) is 27.8. The molecule has 6 heteroatoms. The van der Waals surface area contributed by atoms with Crippen LogP contribution in [0.25, 0.3) is 0 Å². The number of hydrogen-bond donors (Lipinski definition) is 1. The average molecular weight is 296 g/mol. The molecule has 1 aromatic heterocycles. The number of urea groups is 1. The first-order valence-corrected chi connectivity index (χ1v) is 7.72. The minimum atomic E-state index is -0.837. The minimum Gasteiger partial charge on any atom is -0.481 e. The fourth-order valence-electron chi connectivity index (χ4n) is 2.55. The average Bonchev–Trinajstić information content (AvgIpc) is 3.05. The quantitative estimate of drug-likeness (QED) is 0.907. The van der Waals surface area contributed by atoms with Gasteiger partial charge in [0.1, 0.15) is 0 Å². The highest BCUT2D eigenvalue weighted by Gasteiger charge is 2.31. The van der Waals surface area contributed by atoms with E-state index in [0.29, 0.717) is 13.1 Å². The summed E-state index contributed by atoms with van der Waals surface area (Å²) in [6, 6.07) is 3.87. The normalized spacial score (nSPS) is 18.2. The van der Waals surface area contributed by atoms with Gasteiger partial charge in [0, 0.05) is 31.1 Å². The van der Waals surface area contributed by atoms with Crippen molar-refractivity contribution in [2.24, 2.45) is 0 Å². The maximum absolute atomic E-state index is 12.4. The maximum atomic E-state index is 12.4. The van der Waals surface area contributed by atoms with Crippen LogP contribution in [0, 0.1) is 0 Å². The lowest BCUT2D eigenvalue weighted by molar-refractivity contribution is -0.138. The van der Waals surface area contributed by atoms with E-state index in [9.17, 15) is 9.59 Å². The second-order valence-corrected chi connectivity index (χ2v) is 6.15. The Morgan fingerprint density at radius 1 is 1.55 bits per heavy atom. The molecule has 2 amide bonds. The Labute approximate surface area is 122 Å². The SMILES string of the molecule is CN(CCc1cccs1)C(=O)N1CCCC1CC(=O)O. The molecule has 0 saturated carbocycles. The molecule has 0 aliphatic carbocycles. The highest BCUT2D eigenvalue weighted by molar-refractivity contribution is 7.09. The van der Waals surface area contributed by atoms with Crippen molar-refractivity contribution in [3.05, 3.63) is 22.4 Å². The van der Waals surface area contributed by atoms with E-state index >= 15 is 0 Å². The van der Waals surface area contributed by atoms with Gasteiger partial charge in [0.15, 0.2) is 0 Å². The molecular weight excluding hydrogens is 276 g/mol. The molecule has 2 rings (SSSR count). The molecule has 1 unspecified atom stereocenters. The van der Waals surface area contributed by atoms with Gasteiger partial charge in [0.2, 0.25) is 0 Å². The molecule has 1 N–H and O–H groups in total. The summed E-state index contributed by atoms with van der Waals surface area (Å²) in [6.45, 7) is 1.33. The molecule has 0 bridgehead atoms. The van der Waals surface area contributed by atoms with Gasteiger partial charge in [-0.25, -0.2) is 4.79 Å². The summed E-state index contributed by atoms with van der Waals surface area (Å²) >= 11 is 1.69. The Morgan fingerprint density at radius 3 is 3.00 bits per heavy atom. The number of amides is 2. The summed E-state index contributed by atoms with van der Waals surface area (Å²) in [5.41, 5.74) is 0. The Kier molecular flexibility index (Phi) is 5.00. The van der Waals surface area contributed by atoms with Crippen molar-refractivity contribution < 1.29 is 14.7 Å². The highest BCUT2D eigenvalue weighted by Crippen LogP contribution is 2.21. The maximum Gasteiger partial charge on any atom is 0.320 e. The predicted molar refractivity (Wildman–Crippen MR) is 78.0 cm³/mol. The second-order valence-electron chi connectivity index (χ2n) is 5.12. The molecule has 1 aromatic rings. The molecule has 0 radical (unpaired) electrons. The van der Waals surface area contributed by atoms with Crippen LogP contribution in [0.1, 0.15) is 24.1 Å². The molecule has 1 atom stereocenters. The molecule has 1 aliphatic heterocycles. The van der Waals surface area contributed by atoms with Crippen molar-refractivity contribution in [1.82, 2.24) is 9.80 Å². The highest BCUT2D eigenvalue weighted by atomic mass is 32.1. The number of rotatable bonds is 5. The minimum absolute atomic E-state index is 0.0461. The molecule has 5 nitrogen and oxygen atoms in total. The van der Waals surface area contributed by atoms with Gasteiger partial charge in [-0.3, -0.25) is 4.79 Å². The molecule has 20 heavy (non-hydrogen) atoms. The summed E-state index contributed by atoms with van der Waals surface area (Å²) in [6.07, 6.45) is 2.57. The summed E-state index contributed by atoms with van der Waals surface area (Å²) < 4.78 is 0. The van der Waals surface area contributed by atoms with E-state index in [1.54, 1.807) is 28.2 Å². The van der Waals surface area contributed by atoms with Crippen molar-refractivity contribution in [3.8, 4) is 0 Å². The van der Waals surface area contributed by atoms with Gasteiger partial charge in [-0.15, -0.1) is 11.3 Å². The monoisotopic (exact) mass is 296 g/mol. The molecule has 1 aliphatic rings. The number of hydrogen-bond acceptors (Lipinski definition) is 3. The molecule has 110 valence electrons. The van der Waals surface area contributed by atoms with Gasteiger partial charge in [-0.1, -0.05) is 6.07 Å². The van der Waals surface area contributed by atoms with Gasteiger partial charge in [0.05, 0.1) is 6.42 Å². The smallest absolute Gasteiger partial charge is 0.320 e.